The quantitative estimate of drug-likeness (QED) is 0.692. The van der Waals surface area contributed by atoms with Crippen LogP contribution < -0.4 is 5.32 Å². The minimum Gasteiger partial charge on any atom is -0.313 e. The van der Waals surface area contributed by atoms with Crippen LogP contribution in [-0.2, 0) is 13.1 Å². The van der Waals surface area contributed by atoms with E-state index in [0.717, 1.165) is 26.2 Å². The van der Waals surface area contributed by atoms with Crippen LogP contribution in [0.4, 0.5) is 0 Å². The Hall–Kier alpha value is -0.510. The fourth-order valence-electron chi connectivity index (χ4n) is 1.90. The van der Waals surface area contributed by atoms with Crippen LogP contribution in [0.5, 0.6) is 0 Å². The highest BCUT2D eigenvalue weighted by molar-refractivity contribution is 7.98. The van der Waals surface area contributed by atoms with Gasteiger partial charge < -0.3 is 10.2 Å². The molecule has 0 fully saturated rings. The number of nitrogens with zero attached hydrogens (tertiary/aromatic N) is 1. The van der Waals surface area contributed by atoms with Crippen molar-refractivity contribution in [1.29, 1.82) is 0 Å². The summed E-state index contributed by atoms with van der Waals surface area (Å²) in [5.41, 5.74) is 2.88. The summed E-state index contributed by atoms with van der Waals surface area (Å²) in [6, 6.07) is 8.76. The topological polar surface area (TPSA) is 15.3 Å². The largest absolute Gasteiger partial charge is 0.313 e. The maximum Gasteiger partial charge on any atom is 0.0234 e. The van der Waals surface area contributed by atoms with Gasteiger partial charge in [0.15, 0.2) is 0 Å². The van der Waals surface area contributed by atoms with Crippen LogP contribution in [-0.4, -0.2) is 37.0 Å². The summed E-state index contributed by atoms with van der Waals surface area (Å²) in [6.07, 6.45) is 3.35. The fourth-order valence-corrected chi connectivity index (χ4v) is 2.40. The van der Waals surface area contributed by atoms with E-state index in [1.165, 1.54) is 23.3 Å². The third kappa shape index (κ3) is 5.89. The number of hydrogen-bond acceptors (Lipinski definition) is 3. The zero-order valence-corrected chi connectivity index (χ0v) is 12.7. The van der Waals surface area contributed by atoms with Gasteiger partial charge in [-0.1, -0.05) is 31.2 Å². The molecule has 0 aromatic heterocycles. The first-order chi connectivity index (χ1) is 8.77. The van der Waals surface area contributed by atoms with Crippen molar-refractivity contribution in [2.24, 2.45) is 0 Å². The van der Waals surface area contributed by atoms with E-state index in [4.69, 9.17) is 0 Å². The van der Waals surface area contributed by atoms with Gasteiger partial charge in [-0.15, -0.1) is 0 Å². The number of rotatable bonds is 9. The molecule has 0 unspecified atom stereocenters. The smallest absolute Gasteiger partial charge is 0.0234 e. The number of nitrogens with one attached hydrogen (secondary N) is 1. The summed E-state index contributed by atoms with van der Waals surface area (Å²) in [5.74, 6) is 1.20. The van der Waals surface area contributed by atoms with Crippen LogP contribution in [0.2, 0.25) is 0 Å². The predicted octanol–water partition coefficient (Wildman–Crippen LogP) is 2.98. The molecule has 0 bridgehead atoms. The van der Waals surface area contributed by atoms with Crippen LogP contribution in [0.15, 0.2) is 24.3 Å². The van der Waals surface area contributed by atoms with E-state index < -0.39 is 0 Å². The molecule has 1 rings (SSSR count). The Morgan fingerprint density at radius 2 is 1.94 bits per heavy atom. The molecule has 2 nitrogen and oxygen atoms in total. The molecule has 0 atom stereocenters. The molecule has 0 saturated heterocycles. The number of hydrogen-bond donors (Lipinski definition) is 1. The van der Waals surface area contributed by atoms with Crippen LogP contribution >= 0.6 is 11.8 Å². The molecule has 0 amide bonds. The second-order valence-electron chi connectivity index (χ2n) is 4.68. The fraction of sp³-hybridized carbons (Fsp3) is 0.600. The molecule has 0 aliphatic carbocycles. The molecule has 1 aromatic rings. The van der Waals surface area contributed by atoms with Crippen molar-refractivity contribution in [3.05, 3.63) is 35.4 Å². The summed E-state index contributed by atoms with van der Waals surface area (Å²) < 4.78 is 0. The lowest BCUT2D eigenvalue weighted by atomic mass is 10.1. The second-order valence-corrected chi connectivity index (χ2v) is 5.66. The molecule has 0 spiro atoms. The standard InChI is InChI=1S/C15H26N2S/c1-4-9-16-12-14-7-5-6-8-15(14)13-17(2)10-11-18-3/h5-8,16H,4,9-13H2,1-3H3. The van der Waals surface area contributed by atoms with Gasteiger partial charge in [-0.05, 0) is 37.4 Å². The van der Waals surface area contributed by atoms with Crippen LogP contribution in [0.3, 0.4) is 0 Å². The van der Waals surface area contributed by atoms with E-state index >= 15 is 0 Å². The molecule has 18 heavy (non-hydrogen) atoms. The third-order valence-corrected chi connectivity index (χ3v) is 3.57. The maximum atomic E-state index is 3.49. The molecule has 1 N–H and O–H groups in total. The second kappa shape index (κ2) is 9.42. The van der Waals surface area contributed by atoms with Crippen molar-refractivity contribution in [2.75, 3.05) is 32.1 Å². The molecule has 0 aliphatic heterocycles. The molecular formula is C15H26N2S. The first-order valence-electron chi connectivity index (χ1n) is 6.73. The first-order valence-corrected chi connectivity index (χ1v) is 8.12. The summed E-state index contributed by atoms with van der Waals surface area (Å²) in [6.45, 7) is 6.48. The van der Waals surface area contributed by atoms with Gasteiger partial charge in [0.2, 0.25) is 0 Å². The summed E-state index contributed by atoms with van der Waals surface area (Å²) in [4.78, 5) is 2.40. The summed E-state index contributed by atoms with van der Waals surface area (Å²) in [5, 5.41) is 3.49. The van der Waals surface area contributed by atoms with Gasteiger partial charge in [-0.3, -0.25) is 0 Å². The minimum absolute atomic E-state index is 0.986. The van der Waals surface area contributed by atoms with Crippen molar-refractivity contribution in [1.82, 2.24) is 10.2 Å². The van der Waals surface area contributed by atoms with E-state index in [0.29, 0.717) is 0 Å². The van der Waals surface area contributed by atoms with Crippen molar-refractivity contribution >= 4 is 11.8 Å². The lowest BCUT2D eigenvalue weighted by molar-refractivity contribution is 0.347. The van der Waals surface area contributed by atoms with Gasteiger partial charge in [-0.25, -0.2) is 0 Å². The van der Waals surface area contributed by atoms with Crippen molar-refractivity contribution in [3.8, 4) is 0 Å². The van der Waals surface area contributed by atoms with Crippen LogP contribution in [0.25, 0.3) is 0 Å². The lowest BCUT2D eigenvalue weighted by Crippen LogP contribution is -2.22. The molecule has 102 valence electrons. The van der Waals surface area contributed by atoms with Crippen molar-refractivity contribution < 1.29 is 0 Å². The molecular weight excluding hydrogens is 240 g/mol. The number of benzene rings is 1. The Labute approximate surface area is 116 Å². The Bertz CT molecular complexity index is 328. The minimum atomic E-state index is 0.986. The van der Waals surface area contributed by atoms with Gasteiger partial charge in [0, 0.05) is 25.4 Å². The van der Waals surface area contributed by atoms with Crippen molar-refractivity contribution in [2.45, 2.75) is 26.4 Å². The summed E-state index contributed by atoms with van der Waals surface area (Å²) >= 11 is 1.91. The third-order valence-electron chi connectivity index (χ3n) is 2.98. The molecule has 0 heterocycles. The van der Waals surface area contributed by atoms with Gasteiger partial charge in [-0.2, -0.15) is 11.8 Å². The normalized spacial score (nSPS) is 11.1. The Balaban J connectivity index is 2.52. The van der Waals surface area contributed by atoms with E-state index in [1.54, 1.807) is 0 Å². The first kappa shape index (κ1) is 15.5. The average Bonchev–Trinajstić information content (AvgIpc) is 2.38. The number of thioether (sulfide) groups is 1. The molecule has 3 heteroatoms. The zero-order valence-electron chi connectivity index (χ0n) is 11.9. The van der Waals surface area contributed by atoms with Crippen molar-refractivity contribution in [3.63, 3.8) is 0 Å². The van der Waals surface area contributed by atoms with E-state index in [9.17, 15) is 0 Å². The molecule has 0 radical (unpaired) electrons. The Morgan fingerprint density at radius 3 is 2.61 bits per heavy atom. The van der Waals surface area contributed by atoms with Crippen LogP contribution in [0.1, 0.15) is 24.5 Å². The highest BCUT2D eigenvalue weighted by atomic mass is 32.2. The van der Waals surface area contributed by atoms with Gasteiger partial charge in [0.25, 0.3) is 0 Å². The van der Waals surface area contributed by atoms with E-state index in [2.05, 4.69) is 54.7 Å². The molecule has 0 aliphatic rings. The average molecular weight is 266 g/mol. The highest BCUT2D eigenvalue weighted by Crippen LogP contribution is 2.11. The summed E-state index contributed by atoms with van der Waals surface area (Å²) in [7, 11) is 2.20. The monoisotopic (exact) mass is 266 g/mol. The predicted molar refractivity (Wildman–Crippen MR) is 83.2 cm³/mol. The van der Waals surface area contributed by atoms with Gasteiger partial charge in [0.1, 0.15) is 0 Å². The molecule has 1 aromatic carbocycles. The highest BCUT2D eigenvalue weighted by Gasteiger charge is 2.04. The lowest BCUT2D eigenvalue weighted by Gasteiger charge is -2.18. The van der Waals surface area contributed by atoms with E-state index in [1.807, 2.05) is 11.8 Å². The van der Waals surface area contributed by atoms with Crippen LogP contribution in [0, 0.1) is 0 Å². The maximum absolute atomic E-state index is 3.49. The van der Waals surface area contributed by atoms with E-state index in [-0.39, 0.29) is 0 Å². The van der Waals surface area contributed by atoms with Gasteiger partial charge in [0.05, 0.1) is 0 Å². The van der Waals surface area contributed by atoms with Gasteiger partial charge >= 0.3 is 0 Å². The molecule has 0 saturated carbocycles. The Kier molecular flexibility index (Phi) is 8.14. The Morgan fingerprint density at radius 1 is 1.22 bits per heavy atom. The zero-order chi connectivity index (χ0) is 13.2. The SMILES string of the molecule is CCCNCc1ccccc1CN(C)CCSC.